The molecule has 0 radical (unpaired) electrons. The molecule has 1 rings (SSSR count). The number of rotatable bonds is 10. The first kappa shape index (κ1) is 17.8. The van der Waals surface area contributed by atoms with Gasteiger partial charge in [0.15, 0.2) is 11.5 Å². The van der Waals surface area contributed by atoms with Crippen LogP contribution < -0.4 is 14.2 Å². The number of unbranched alkanes of at least 4 members (excludes halogenated alkanes) is 4. The Labute approximate surface area is 127 Å². The molecule has 0 bridgehead atoms. The van der Waals surface area contributed by atoms with Crippen molar-refractivity contribution >= 4 is 10.0 Å². The molecule has 0 spiro atoms. The van der Waals surface area contributed by atoms with Gasteiger partial charge in [-0.2, -0.15) is 0 Å². The van der Waals surface area contributed by atoms with Crippen molar-refractivity contribution in [3.05, 3.63) is 18.2 Å². The third-order valence-electron chi connectivity index (χ3n) is 3.24. The van der Waals surface area contributed by atoms with Crippen molar-refractivity contribution in [3.8, 4) is 11.5 Å². The Morgan fingerprint density at radius 3 is 2.29 bits per heavy atom. The van der Waals surface area contributed by atoms with Crippen LogP contribution in [-0.4, -0.2) is 29.2 Å². The fourth-order valence-corrected chi connectivity index (χ4v) is 3.09. The predicted molar refractivity (Wildman–Crippen MR) is 83.5 cm³/mol. The number of methoxy groups -OCH3 is 2. The summed E-state index contributed by atoms with van der Waals surface area (Å²) in [7, 11) is -0.500. The van der Waals surface area contributed by atoms with E-state index < -0.39 is 10.0 Å². The lowest BCUT2D eigenvalue weighted by Crippen LogP contribution is -2.24. The molecule has 1 aromatic carbocycles. The number of nitrogens with one attached hydrogen (secondary N) is 1. The lowest BCUT2D eigenvalue weighted by Gasteiger charge is -2.11. The first-order chi connectivity index (χ1) is 10.0. The molecule has 0 atom stereocenters. The summed E-state index contributed by atoms with van der Waals surface area (Å²) in [5.41, 5.74) is 0. The largest absolute Gasteiger partial charge is 0.493 e. The monoisotopic (exact) mass is 315 g/mol. The Kier molecular flexibility index (Phi) is 7.53. The highest BCUT2D eigenvalue weighted by Crippen LogP contribution is 2.29. The molecule has 0 fully saturated rings. The summed E-state index contributed by atoms with van der Waals surface area (Å²) in [5, 5.41) is 0. The molecular weight excluding hydrogens is 290 g/mol. The molecule has 0 aliphatic carbocycles. The number of benzene rings is 1. The van der Waals surface area contributed by atoms with E-state index in [1.807, 2.05) is 0 Å². The van der Waals surface area contributed by atoms with E-state index in [9.17, 15) is 8.42 Å². The van der Waals surface area contributed by atoms with Crippen LogP contribution in [0.2, 0.25) is 0 Å². The first-order valence-electron chi connectivity index (χ1n) is 7.27. The van der Waals surface area contributed by atoms with Gasteiger partial charge in [-0.05, 0) is 18.6 Å². The molecule has 0 aromatic heterocycles. The summed E-state index contributed by atoms with van der Waals surface area (Å²) in [6.07, 6.45) is 5.42. The Balaban J connectivity index is 2.62. The highest BCUT2D eigenvalue weighted by atomic mass is 32.2. The topological polar surface area (TPSA) is 64.6 Å². The van der Waals surface area contributed by atoms with Crippen LogP contribution in [0.25, 0.3) is 0 Å². The van der Waals surface area contributed by atoms with Gasteiger partial charge in [0.05, 0.1) is 19.1 Å². The van der Waals surface area contributed by atoms with Gasteiger partial charge in [-0.3, -0.25) is 0 Å². The second-order valence-corrected chi connectivity index (χ2v) is 6.60. The van der Waals surface area contributed by atoms with Crippen molar-refractivity contribution < 1.29 is 17.9 Å². The highest BCUT2D eigenvalue weighted by molar-refractivity contribution is 7.89. The van der Waals surface area contributed by atoms with Gasteiger partial charge in [0.25, 0.3) is 0 Å². The lowest BCUT2D eigenvalue weighted by molar-refractivity contribution is 0.354. The van der Waals surface area contributed by atoms with E-state index in [0.29, 0.717) is 18.0 Å². The molecule has 5 nitrogen and oxygen atoms in total. The van der Waals surface area contributed by atoms with E-state index in [2.05, 4.69) is 11.6 Å². The maximum atomic E-state index is 12.2. The molecule has 0 aliphatic rings. The van der Waals surface area contributed by atoms with Gasteiger partial charge in [-0.1, -0.05) is 32.6 Å². The molecule has 0 amide bonds. The van der Waals surface area contributed by atoms with Crippen LogP contribution in [0, 0.1) is 0 Å². The quantitative estimate of drug-likeness (QED) is 0.674. The predicted octanol–water partition coefficient (Wildman–Crippen LogP) is 2.95. The standard InChI is InChI=1S/C15H25NO4S/c1-4-5-6-7-8-11-16-21(17,18)13-9-10-14(19-2)15(12-13)20-3/h9-10,12,16H,4-8,11H2,1-3H3. The van der Waals surface area contributed by atoms with Gasteiger partial charge in [0.1, 0.15) is 0 Å². The minimum atomic E-state index is -3.50. The Hall–Kier alpha value is -1.27. The van der Waals surface area contributed by atoms with E-state index in [1.165, 1.54) is 39.2 Å². The van der Waals surface area contributed by atoms with Crippen LogP contribution in [0.3, 0.4) is 0 Å². The molecule has 6 heteroatoms. The van der Waals surface area contributed by atoms with Crippen LogP contribution >= 0.6 is 0 Å². The molecular formula is C15H25NO4S. The average molecular weight is 315 g/mol. The molecule has 21 heavy (non-hydrogen) atoms. The van der Waals surface area contributed by atoms with Gasteiger partial charge < -0.3 is 9.47 Å². The summed E-state index contributed by atoms with van der Waals surface area (Å²) >= 11 is 0. The summed E-state index contributed by atoms with van der Waals surface area (Å²) in [5.74, 6) is 0.916. The summed E-state index contributed by atoms with van der Waals surface area (Å²) in [4.78, 5) is 0.189. The van der Waals surface area contributed by atoms with Crippen LogP contribution in [0.1, 0.15) is 39.0 Å². The SMILES string of the molecule is CCCCCCCNS(=O)(=O)c1ccc(OC)c(OC)c1. The van der Waals surface area contributed by atoms with Crippen molar-refractivity contribution in [1.29, 1.82) is 0 Å². The fourth-order valence-electron chi connectivity index (χ4n) is 2.00. The van der Waals surface area contributed by atoms with Gasteiger partial charge in [0.2, 0.25) is 10.0 Å². The maximum absolute atomic E-state index is 12.2. The second-order valence-electron chi connectivity index (χ2n) is 4.83. The number of sulfonamides is 1. The lowest BCUT2D eigenvalue weighted by atomic mass is 10.2. The van der Waals surface area contributed by atoms with Crippen LogP contribution in [0.15, 0.2) is 23.1 Å². The van der Waals surface area contributed by atoms with Crippen molar-refractivity contribution in [2.75, 3.05) is 20.8 Å². The minimum absolute atomic E-state index is 0.189. The normalized spacial score (nSPS) is 11.4. The zero-order valence-corrected chi connectivity index (χ0v) is 13.8. The number of ether oxygens (including phenoxy) is 2. The van der Waals surface area contributed by atoms with Gasteiger partial charge in [0, 0.05) is 12.6 Å². The molecule has 0 aliphatic heterocycles. The third kappa shape index (κ3) is 5.55. The smallest absolute Gasteiger partial charge is 0.240 e. The summed E-state index contributed by atoms with van der Waals surface area (Å²) in [6.45, 7) is 2.61. The van der Waals surface area contributed by atoms with Crippen LogP contribution in [0.5, 0.6) is 11.5 Å². The molecule has 1 aromatic rings. The Bertz CT molecular complexity index is 528. The third-order valence-corrected chi connectivity index (χ3v) is 4.70. The second kappa shape index (κ2) is 8.89. The molecule has 120 valence electrons. The Morgan fingerprint density at radius 2 is 1.67 bits per heavy atom. The molecule has 0 unspecified atom stereocenters. The number of hydrogen-bond donors (Lipinski definition) is 1. The maximum Gasteiger partial charge on any atom is 0.240 e. The van der Waals surface area contributed by atoms with E-state index in [0.717, 1.165) is 19.3 Å². The highest BCUT2D eigenvalue weighted by Gasteiger charge is 2.16. The van der Waals surface area contributed by atoms with Crippen LogP contribution in [0.4, 0.5) is 0 Å². The van der Waals surface area contributed by atoms with Gasteiger partial charge >= 0.3 is 0 Å². The van der Waals surface area contributed by atoms with E-state index in [4.69, 9.17) is 9.47 Å². The zero-order chi connectivity index (χ0) is 15.7. The van der Waals surface area contributed by atoms with Crippen molar-refractivity contribution in [3.63, 3.8) is 0 Å². The van der Waals surface area contributed by atoms with Gasteiger partial charge in [-0.25, -0.2) is 13.1 Å². The van der Waals surface area contributed by atoms with Crippen molar-refractivity contribution in [2.45, 2.75) is 43.9 Å². The van der Waals surface area contributed by atoms with Crippen LogP contribution in [-0.2, 0) is 10.0 Å². The summed E-state index contributed by atoms with van der Waals surface area (Å²) < 4.78 is 37.2. The molecule has 0 saturated carbocycles. The Morgan fingerprint density at radius 1 is 1.00 bits per heavy atom. The zero-order valence-electron chi connectivity index (χ0n) is 13.0. The van der Waals surface area contributed by atoms with Gasteiger partial charge in [-0.15, -0.1) is 0 Å². The van der Waals surface area contributed by atoms with E-state index >= 15 is 0 Å². The average Bonchev–Trinajstić information content (AvgIpc) is 2.49. The molecule has 0 saturated heterocycles. The van der Waals surface area contributed by atoms with Crippen molar-refractivity contribution in [1.82, 2.24) is 4.72 Å². The minimum Gasteiger partial charge on any atom is -0.493 e. The van der Waals surface area contributed by atoms with Crippen molar-refractivity contribution in [2.24, 2.45) is 0 Å². The van der Waals surface area contributed by atoms with E-state index in [1.54, 1.807) is 6.07 Å². The molecule has 1 N–H and O–H groups in total. The first-order valence-corrected chi connectivity index (χ1v) is 8.75. The summed E-state index contributed by atoms with van der Waals surface area (Å²) in [6, 6.07) is 4.58. The number of hydrogen-bond acceptors (Lipinski definition) is 4. The fraction of sp³-hybridized carbons (Fsp3) is 0.600. The van der Waals surface area contributed by atoms with E-state index in [-0.39, 0.29) is 4.90 Å². The molecule has 0 heterocycles.